The van der Waals surface area contributed by atoms with E-state index in [4.69, 9.17) is 8.85 Å². The molecule has 0 aliphatic carbocycles. The fourth-order valence-electron chi connectivity index (χ4n) is 5.40. The van der Waals surface area contributed by atoms with E-state index in [0.717, 1.165) is 0 Å². The number of aromatic nitrogens is 2. The molecule has 182 valence electrons. The van der Waals surface area contributed by atoms with E-state index < -0.39 is 12.8 Å². The fraction of sp³-hybridized carbons (Fsp3) is 0.407. The van der Waals surface area contributed by atoms with Crippen LogP contribution in [0.1, 0.15) is 43.4 Å². The van der Waals surface area contributed by atoms with Crippen molar-refractivity contribution in [2.45, 2.75) is 45.8 Å². The van der Waals surface area contributed by atoms with Gasteiger partial charge in [-0.3, -0.25) is 9.69 Å². The minimum absolute atomic E-state index is 0.152. The second-order valence-electron chi connectivity index (χ2n) is 9.66. The number of nitrogens with zero attached hydrogens (tertiary/aromatic N) is 4. The zero-order valence-electron chi connectivity index (χ0n) is 23.4. The van der Waals surface area contributed by atoms with Crippen molar-refractivity contribution in [1.29, 1.82) is 5.26 Å². The van der Waals surface area contributed by atoms with Crippen molar-refractivity contribution >= 4 is 38.5 Å². The molecule has 1 fully saturated rings. The Bertz CT molecular complexity index is 1670. The molecule has 2 aromatic heterocycles. The molecule has 1 aliphatic heterocycles. The predicted octanol–water partition coefficient (Wildman–Crippen LogP) is 4.77. The summed E-state index contributed by atoms with van der Waals surface area (Å²) in [5.41, 5.74) is 1.58. The van der Waals surface area contributed by atoms with E-state index in [-0.39, 0.29) is 59.0 Å². The molecule has 35 heavy (non-hydrogen) atoms. The summed E-state index contributed by atoms with van der Waals surface area (Å²) in [4.78, 5) is 20.4. The van der Waals surface area contributed by atoms with Gasteiger partial charge in [-0.2, -0.15) is 5.26 Å². The molecule has 2 atom stereocenters. The smallest absolute Gasteiger partial charge is 0.199 e. The lowest BCUT2D eigenvalue weighted by molar-refractivity contribution is 0.169. The van der Waals surface area contributed by atoms with Gasteiger partial charge in [0.1, 0.15) is 17.1 Å². The van der Waals surface area contributed by atoms with E-state index in [2.05, 4.69) is 11.1 Å². The summed E-state index contributed by atoms with van der Waals surface area (Å²) in [7, 11) is 1.43. The molecule has 1 N–H and O–H groups in total. The highest BCUT2D eigenvalue weighted by molar-refractivity contribution is 6.10. The predicted molar refractivity (Wildman–Crippen MR) is 138 cm³/mol. The first-order chi connectivity index (χ1) is 17.9. The van der Waals surface area contributed by atoms with Gasteiger partial charge < -0.3 is 19.2 Å². The van der Waals surface area contributed by atoms with Crippen molar-refractivity contribution in [3.63, 3.8) is 0 Å². The van der Waals surface area contributed by atoms with Crippen LogP contribution in [0.3, 0.4) is 0 Å². The number of hydrogen-bond donors (Lipinski definition) is 1. The van der Waals surface area contributed by atoms with Gasteiger partial charge in [-0.1, -0.05) is 6.07 Å². The first-order valence-corrected chi connectivity index (χ1v) is 11.7. The molecule has 1 aliphatic rings. The zero-order chi connectivity index (χ0) is 27.7. The first-order valence-electron chi connectivity index (χ1n) is 13.2. The highest BCUT2D eigenvalue weighted by atomic mass is 19.1. The van der Waals surface area contributed by atoms with Gasteiger partial charge in [0.05, 0.1) is 35.0 Å². The SMILES string of the molecule is [2H]C([2H])([2H])N1[C@H](C)CN(c2c(OC)cc3c(=O)c4c5ccc(C#N)cc5[nH]c4n(C(C)C)c3c2F)C[C@@H]1C. The van der Waals surface area contributed by atoms with Gasteiger partial charge in [0.15, 0.2) is 11.2 Å². The summed E-state index contributed by atoms with van der Waals surface area (Å²) in [5, 5.41) is 10.6. The highest BCUT2D eigenvalue weighted by Gasteiger charge is 2.32. The second kappa shape index (κ2) is 8.28. The molecular formula is C27H30FN5O2. The normalized spacial score (nSPS) is 20.9. The van der Waals surface area contributed by atoms with Crippen molar-refractivity contribution in [2.75, 3.05) is 32.1 Å². The van der Waals surface area contributed by atoms with Crippen molar-refractivity contribution < 1.29 is 13.2 Å². The maximum Gasteiger partial charge on any atom is 0.199 e. The number of likely N-dealkylation sites (N-methyl/N-ethyl adjacent to an activating group) is 1. The minimum Gasteiger partial charge on any atom is -0.494 e. The molecule has 1 saturated heterocycles. The number of pyridine rings is 1. The lowest BCUT2D eigenvalue weighted by Gasteiger charge is -2.44. The van der Waals surface area contributed by atoms with Crippen LogP contribution in [0.15, 0.2) is 29.1 Å². The Balaban J connectivity index is 1.82. The molecule has 0 amide bonds. The largest absolute Gasteiger partial charge is 0.494 e. The number of nitriles is 1. The standard InChI is InChI=1S/C27H30FN5O2/c1-14(2)33-24-19(26(34)22-18-8-7-17(11-29)9-20(18)30-27(22)33)10-21(35-6)25(23(24)28)32-12-15(3)31(5)16(4)13-32/h7-10,14-16,30H,12-13H2,1-6H3/t15-,16+/i5D3. The molecule has 7 nitrogen and oxygen atoms in total. The summed E-state index contributed by atoms with van der Waals surface area (Å²) < 4.78 is 47.9. The zero-order valence-corrected chi connectivity index (χ0v) is 20.4. The number of hydrogen-bond acceptors (Lipinski definition) is 5. The summed E-state index contributed by atoms with van der Waals surface area (Å²) in [6.45, 7) is 5.75. The van der Waals surface area contributed by atoms with E-state index in [1.807, 2.05) is 32.6 Å². The Kier molecular flexibility index (Phi) is 4.66. The second-order valence-corrected chi connectivity index (χ2v) is 9.66. The number of ether oxygens (including phenoxy) is 1. The van der Waals surface area contributed by atoms with Crippen LogP contribution in [0.2, 0.25) is 0 Å². The molecule has 0 radical (unpaired) electrons. The Morgan fingerprint density at radius 2 is 1.94 bits per heavy atom. The molecule has 4 aromatic rings. The van der Waals surface area contributed by atoms with E-state index in [0.29, 0.717) is 27.5 Å². The number of piperazine rings is 1. The molecule has 0 saturated carbocycles. The maximum absolute atomic E-state index is 16.7. The lowest BCUT2D eigenvalue weighted by atomic mass is 10.0. The van der Waals surface area contributed by atoms with Crippen molar-refractivity contribution in [1.82, 2.24) is 14.5 Å². The van der Waals surface area contributed by atoms with E-state index in [1.54, 1.807) is 28.8 Å². The molecule has 0 spiro atoms. The van der Waals surface area contributed by atoms with E-state index >= 15 is 4.39 Å². The Morgan fingerprint density at radius 1 is 1.23 bits per heavy atom. The molecule has 2 aromatic carbocycles. The number of aromatic amines is 1. The number of nitrogens with one attached hydrogen (secondary N) is 1. The van der Waals surface area contributed by atoms with Crippen LogP contribution < -0.4 is 15.1 Å². The van der Waals surface area contributed by atoms with Gasteiger partial charge >= 0.3 is 0 Å². The van der Waals surface area contributed by atoms with E-state index in [9.17, 15) is 10.1 Å². The van der Waals surface area contributed by atoms with Gasteiger partial charge in [-0.25, -0.2) is 4.39 Å². The number of rotatable bonds is 3. The quantitative estimate of drug-likeness (QED) is 0.459. The molecule has 3 heterocycles. The lowest BCUT2D eigenvalue weighted by Crippen LogP contribution is -2.55. The molecule has 5 rings (SSSR count). The third kappa shape index (κ3) is 3.37. The van der Waals surface area contributed by atoms with Crippen LogP contribution in [0.4, 0.5) is 10.1 Å². The molecule has 8 heteroatoms. The van der Waals surface area contributed by atoms with Gasteiger partial charge in [0.2, 0.25) is 0 Å². The Hall–Kier alpha value is -3.57. The summed E-state index contributed by atoms with van der Waals surface area (Å²) in [6, 6.07) is 7.81. The fourth-order valence-corrected chi connectivity index (χ4v) is 5.40. The highest BCUT2D eigenvalue weighted by Crippen LogP contribution is 2.40. The average Bonchev–Trinajstić information content (AvgIpc) is 3.21. The van der Waals surface area contributed by atoms with Gasteiger partial charge in [0, 0.05) is 46.2 Å². The number of benzene rings is 2. The molecule has 0 bridgehead atoms. The van der Waals surface area contributed by atoms with Gasteiger partial charge in [-0.15, -0.1) is 0 Å². The van der Waals surface area contributed by atoms with Crippen molar-refractivity contribution in [2.24, 2.45) is 0 Å². The molecular weight excluding hydrogens is 445 g/mol. The summed E-state index contributed by atoms with van der Waals surface area (Å²) in [5.74, 6) is -0.375. The number of H-pyrrole nitrogens is 1. The third-order valence-electron chi connectivity index (χ3n) is 7.01. The van der Waals surface area contributed by atoms with Crippen molar-refractivity contribution in [3.05, 3.63) is 45.9 Å². The number of anilines is 1. The van der Waals surface area contributed by atoms with Crippen molar-refractivity contribution in [3.8, 4) is 11.8 Å². The Morgan fingerprint density at radius 3 is 2.54 bits per heavy atom. The van der Waals surface area contributed by atoms with Crippen LogP contribution in [0.25, 0.3) is 32.8 Å². The average molecular weight is 479 g/mol. The number of fused-ring (bicyclic) bond motifs is 4. The molecule has 0 unspecified atom stereocenters. The monoisotopic (exact) mass is 478 g/mol. The van der Waals surface area contributed by atoms with E-state index in [1.165, 1.54) is 12.0 Å². The van der Waals surface area contributed by atoms with Crippen LogP contribution in [0.5, 0.6) is 5.75 Å². The summed E-state index contributed by atoms with van der Waals surface area (Å²) >= 11 is 0. The van der Waals surface area contributed by atoms with Crippen LogP contribution in [0, 0.1) is 17.1 Å². The first kappa shape index (κ1) is 19.7. The van der Waals surface area contributed by atoms with Gasteiger partial charge in [-0.05, 0) is 52.9 Å². The number of halogens is 1. The maximum atomic E-state index is 16.7. The van der Waals surface area contributed by atoms with Crippen LogP contribution in [-0.4, -0.2) is 53.7 Å². The van der Waals surface area contributed by atoms with Gasteiger partial charge in [0.25, 0.3) is 0 Å². The third-order valence-corrected chi connectivity index (χ3v) is 7.01. The summed E-state index contributed by atoms with van der Waals surface area (Å²) in [6.07, 6.45) is 0. The van der Waals surface area contributed by atoms with Crippen LogP contribution >= 0.6 is 0 Å². The topological polar surface area (TPSA) is 77.3 Å². The number of methoxy groups -OCH3 is 1. The Labute approximate surface area is 207 Å². The minimum atomic E-state index is -2.26. The van der Waals surface area contributed by atoms with Crippen LogP contribution in [-0.2, 0) is 0 Å².